The third-order valence-electron chi connectivity index (χ3n) is 9.03. The number of benzene rings is 2. The van der Waals surface area contributed by atoms with Gasteiger partial charge in [0.2, 0.25) is 17.7 Å². The highest BCUT2D eigenvalue weighted by Gasteiger charge is 2.35. The number of thiophene rings is 1. The Labute approximate surface area is 275 Å². The van der Waals surface area contributed by atoms with Gasteiger partial charge in [0.25, 0.3) is 0 Å². The Bertz CT molecular complexity index is 1650. The summed E-state index contributed by atoms with van der Waals surface area (Å²) >= 11 is 1.55. The molecular formula is C37H43N5O3S. The van der Waals surface area contributed by atoms with E-state index in [1.54, 1.807) is 37.8 Å². The molecule has 8 nitrogen and oxygen atoms in total. The van der Waals surface area contributed by atoms with E-state index in [-0.39, 0.29) is 23.3 Å². The molecule has 9 heteroatoms. The van der Waals surface area contributed by atoms with E-state index in [4.69, 9.17) is 5.73 Å². The largest absolute Gasteiger partial charge is 0.354 e. The maximum absolute atomic E-state index is 14.4. The molecule has 5 rings (SSSR count). The second-order valence-electron chi connectivity index (χ2n) is 12.3. The zero-order valence-electron chi connectivity index (χ0n) is 26.6. The Balaban J connectivity index is 1.37. The van der Waals surface area contributed by atoms with Crippen molar-refractivity contribution < 1.29 is 14.4 Å². The van der Waals surface area contributed by atoms with Crippen LogP contribution in [0.5, 0.6) is 0 Å². The van der Waals surface area contributed by atoms with Gasteiger partial charge in [0, 0.05) is 56.3 Å². The van der Waals surface area contributed by atoms with Crippen molar-refractivity contribution in [2.24, 2.45) is 5.73 Å². The Kier molecular flexibility index (Phi) is 11.0. The monoisotopic (exact) mass is 637 g/mol. The van der Waals surface area contributed by atoms with E-state index in [9.17, 15) is 14.4 Å². The molecule has 2 atom stereocenters. The van der Waals surface area contributed by atoms with Crippen LogP contribution >= 0.6 is 11.3 Å². The van der Waals surface area contributed by atoms with Crippen LogP contribution in [0.2, 0.25) is 0 Å². The number of rotatable bonds is 14. The highest BCUT2D eigenvalue weighted by Crippen LogP contribution is 2.32. The van der Waals surface area contributed by atoms with Gasteiger partial charge >= 0.3 is 0 Å². The van der Waals surface area contributed by atoms with Crippen molar-refractivity contribution in [2.45, 2.75) is 62.6 Å². The lowest BCUT2D eigenvalue weighted by molar-refractivity contribution is -0.146. The predicted octanol–water partition coefficient (Wildman–Crippen LogP) is 4.92. The van der Waals surface area contributed by atoms with Crippen LogP contribution < -0.4 is 11.1 Å². The van der Waals surface area contributed by atoms with Gasteiger partial charge < -0.3 is 20.9 Å². The van der Waals surface area contributed by atoms with Gasteiger partial charge in [0.1, 0.15) is 12.1 Å². The minimum absolute atomic E-state index is 0.231. The van der Waals surface area contributed by atoms with Crippen LogP contribution in [0.1, 0.15) is 41.7 Å². The first-order valence-electron chi connectivity index (χ1n) is 15.9. The number of hydrogen-bond acceptors (Lipinski definition) is 6. The molecular weight excluding hydrogens is 595 g/mol. The van der Waals surface area contributed by atoms with Gasteiger partial charge in [0.15, 0.2) is 0 Å². The van der Waals surface area contributed by atoms with Gasteiger partial charge in [-0.2, -0.15) is 0 Å². The molecule has 1 aliphatic rings. The number of aromatic nitrogens is 1. The first-order chi connectivity index (χ1) is 22.2. The lowest BCUT2D eigenvalue weighted by atomic mass is 9.75. The summed E-state index contributed by atoms with van der Waals surface area (Å²) in [7, 11) is 3.33. The van der Waals surface area contributed by atoms with Crippen LogP contribution in [-0.4, -0.2) is 70.8 Å². The number of fused-ring (bicyclic) bond motifs is 1. The standard InChI is InChI=1S/C37H43N5O3S/c1-41(34(43)11-5-17-37(38)18-7-19-37)33(25-28-12-13-29-8-3-4-9-30(29)24-28)36(45)42(2)32(26-31-10-6-23-46-31)35(44)40-22-16-27-14-20-39-21-15-27/h3-6,8-15,20-21,23-24,32-33H,7,16-19,22,25-26,38H2,1-2H3,(H,40,44)/b11-5+/t32-,33-/m1/s1. The molecule has 2 aromatic heterocycles. The number of likely N-dealkylation sites (N-methyl/N-ethyl adjacent to an activating group) is 2. The molecule has 3 amide bonds. The van der Waals surface area contributed by atoms with Gasteiger partial charge in [-0.1, -0.05) is 54.6 Å². The number of amides is 3. The minimum Gasteiger partial charge on any atom is -0.354 e. The first-order valence-corrected chi connectivity index (χ1v) is 16.8. The van der Waals surface area contributed by atoms with Crippen molar-refractivity contribution in [3.8, 4) is 0 Å². The molecule has 46 heavy (non-hydrogen) atoms. The van der Waals surface area contributed by atoms with Gasteiger partial charge in [-0.15, -0.1) is 11.3 Å². The molecule has 0 aliphatic heterocycles. The number of nitrogens with two attached hydrogens (primary N) is 1. The highest BCUT2D eigenvalue weighted by molar-refractivity contribution is 7.09. The lowest BCUT2D eigenvalue weighted by Crippen LogP contribution is -2.56. The Morgan fingerprint density at radius 2 is 1.70 bits per heavy atom. The molecule has 0 spiro atoms. The zero-order chi connectivity index (χ0) is 32.5. The summed E-state index contributed by atoms with van der Waals surface area (Å²) in [6, 6.07) is 20.3. The Morgan fingerprint density at radius 1 is 0.935 bits per heavy atom. The summed E-state index contributed by atoms with van der Waals surface area (Å²) in [6.45, 7) is 0.429. The average Bonchev–Trinajstić information content (AvgIpc) is 3.58. The SMILES string of the molecule is CN(C(=O)/C=C/CC1(N)CCC1)[C@H](Cc1ccc2ccccc2c1)C(=O)N(C)[C@H](Cc1cccs1)C(=O)NCCc1ccncc1. The average molecular weight is 638 g/mol. The van der Waals surface area contributed by atoms with Gasteiger partial charge in [-0.25, -0.2) is 0 Å². The molecule has 240 valence electrons. The molecule has 2 aromatic carbocycles. The van der Waals surface area contributed by atoms with E-state index >= 15 is 0 Å². The van der Waals surface area contributed by atoms with E-state index in [2.05, 4.69) is 16.4 Å². The molecule has 1 fully saturated rings. The summed E-state index contributed by atoms with van der Waals surface area (Å²) in [5.74, 6) is -0.796. The van der Waals surface area contributed by atoms with Crippen molar-refractivity contribution in [1.82, 2.24) is 20.1 Å². The smallest absolute Gasteiger partial charge is 0.246 e. The maximum Gasteiger partial charge on any atom is 0.246 e. The maximum atomic E-state index is 14.4. The number of pyridine rings is 1. The van der Waals surface area contributed by atoms with Gasteiger partial charge in [-0.05, 0) is 83.7 Å². The van der Waals surface area contributed by atoms with E-state index in [0.717, 1.165) is 46.0 Å². The lowest BCUT2D eigenvalue weighted by Gasteiger charge is -2.37. The Morgan fingerprint density at radius 3 is 2.39 bits per heavy atom. The molecule has 0 unspecified atom stereocenters. The molecule has 2 heterocycles. The summed E-state index contributed by atoms with van der Waals surface area (Å²) in [5, 5.41) is 7.17. The predicted molar refractivity (Wildman–Crippen MR) is 184 cm³/mol. The van der Waals surface area contributed by atoms with E-state index in [1.165, 1.54) is 15.9 Å². The fourth-order valence-corrected chi connectivity index (χ4v) is 6.63. The van der Waals surface area contributed by atoms with Crippen LogP contribution in [0.3, 0.4) is 0 Å². The van der Waals surface area contributed by atoms with E-state index < -0.39 is 12.1 Å². The second-order valence-corrected chi connectivity index (χ2v) is 13.4. The van der Waals surface area contributed by atoms with Crippen molar-refractivity contribution in [3.05, 3.63) is 113 Å². The third kappa shape index (κ3) is 8.47. The number of nitrogens with zero attached hydrogens (tertiary/aromatic N) is 3. The van der Waals surface area contributed by atoms with E-state index in [0.29, 0.717) is 32.2 Å². The quantitative estimate of drug-likeness (QED) is 0.191. The molecule has 0 radical (unpaired) electrons. The second kappa shape index (κ2) is 15.3. The third-order valence-corrected chi connectivity index (χ3v) is 9.93. The van der Waals surface area contributed by atoms with Crippen LogP contribution in [0.4, 0.5) is 0 Å². The first kappa shape index (κ1) is 33.0. The molecule has 1 saturated carbocycles. The van der Waals surface area contributed by atoms with Gasteiger partial charge in [0.05, 0.1) is 0 Å². The summed E-state index contributed by atoms with van der Waals surface area (Å²) in [6.07, 6.45) is 11.8. The van der Waals surface area contributed by atoms with Crippen LogP contribution in [-0.2, 0) is 33.6 Å². The highest BCUT2D eigenvalue weighted by atomic mass is 32.1. The molecule has 0 saturated heterocycles. The number of hydrogen-bond donors (Lipinski definition) is 2. The summed E-state index contributed by atoms with van der Waals surface area (Å²) < 4.78 is 0. The topological polar surface area (TPSA) is 109 Å². The van der Waals surface area contributed by atoms with E-state index in [1.807, 2.05) is 72.1 Å². The molecule has 0 bridgehead atoms. The summed E-state index contributed by atoms with van der Waals surface area (Å²) in [4.78, 5) is 49.7. The fourth-order valence-electron chi connectivity index (χ4n) is 5.89. The normalized spacial score (nSPS) is 15.2. The summed E-state index contributed by atoms with van der Waals surface area (Å²) in [5.41, 5.74) is 8.13. The van der Waals surface area contributed by atoms with Crippen LogP contribution in [0.15, 0.2) is 96.7 Å². The van der Waals surface area contributed by atoms with Crippen LogP contribution in [0.25, 0.3) is 10.8 Å². The molecule has 3 N–H and O–H groups in total. The van der Waals surface area contributed by atoms with Crippen molar-refractivity contribution >= 4 is 39.8 Å². The minimum atomic E-state index is -0.825. The Hall–Kier alpha value is -4.34. The van der Waals surface area contributed by atoms with Crippen LogP contribution in [0, 0.1) is 0 Å². The van der Waals surface area contributed by atoms with Crippen molar-refractivity contribution in [1.29, 1.82) is 0 Å². The number of carbonyl (C=O) groups excluding carboxylic acids is 3. The molecule has 1 aliphatic carbocycles. The zero-order valence-corrected chi connectivity index (χ0v) is 27.4. The molecule has 4 aromatic rings. The van der Waals surface area contributed by atoms with Gasteiger partial charge in [-0.3, -0.25) is 19.4 Å². The number of carbonyl (C=O) groups is 3. The fraction of sp³-hybridized carbons (Fsp3) is 0.351. The number of nitrogens with one attached hydrogen (secondary N) is 1. The van der Waals surface area contributed by atoms with Crippen molar-refractivity contribution in [2.75, 3.05) is 20.6 Å². The van der Waals surface area contributed by atoms with Crippen molar-refractivity contribution in [3.63, 3.8) is 0 Å².